The third-order valence-corrected chi connectivity index (χ3v) is 3.91. The molecule has 0 bridgehead atoms. The zero-order valence-electron chi connectivity index (χ0n) is 9.96. The Morgan fingerprint density at radius 2 is 1.89 bits per heavy atom. The summed E-state index contributed by atoms with van der Waals surface area (Å²) in [6.07, 6.45) is 0. The molecule has 0 aliphatic rings. The average molecular weight is 348 g/mol. The van der Waals surface area contributed by atoms with Gasteiger partial charge in [-0.25, -0.2) is 8.78 Å². The largest absolute Gasteiger partial charge is 0.494 e. The molecule has 0 saturated heterocycles. The van der Waals surface area contributed by atoms with Crippen LogP contribution in [0.1, 0.15) is 16.5 Å². The van der Waals surface area contributed by atoms with Gasteiger partial charge in [-0.2, -0.15) is 0 Å². The number of ether oxygens (including phenoxy) is 1. The summed E-state index contributed by atoms with van der Waals surface area (Å²) in [4.78, 5) is 0. The van der Waals surface area contributed by atoms with E-state index in [4.69, 9.17) is 16.3 Å². The Labute approximate surface area is 123 Å². The van der Waals surface area contributed by atoms with Gasteiger partial charge < -0.3 is 4.74 Å². The Hall–Kier alpha value is -1.13. The van der Waals surface area contributed by atoms with E-state index in [1.54, 1.807) is 12.1 Å². The Kier molecular flexibility index (Phi) is 4.42. The summed E-state index contributed by atoms with van der Waals surface area (Å²) in [6.45, 7) is 0. The van der Waals surface area contributed by atoms with E-state index in [2.05, 4.69) is 15.9 Å². The van der Waals surface area contributed by atoms with Crippen molar-refractivity contribution in [3.05, 3.63) is 63.6 Å². The Morgan fingerprint density at radius 3 is 2.53 bits per heavy atom. The van der Waals surface area contributed by atoms with Crippen LogP contribution < -0.4 is 4.74 Å². The average Bonchev–Trinajstić information content (AvgIpc) is 2.40. The second-order valence-corrected chi connectivity index (χ2v) is 5.21. The van der Waals surface area contributed by atoms with Crippen LogP contribution in [0.3, 0.4) is 0 Å². The number of rotatable bonds is 3. The van der Waals surface area contributed by atoms with Crippen LogP contribution in [0.15, 0.2) is 40.9 Å². The van der Waals surface area contributed by atoms with Gasteiger partial charge in [0.1, 0.15) is 5.82 Å². The van der Waals surface area contributed by atoms with Gasteiger partial charge in [0.15, 0.2) is 11.6 Å². The maximum atomic E-state index is 13.6. The monoisotopic (exact) mass is 346 g/mol. The van der Waals surface area contributed by atoms with Crippen LogP contribution in [0.5, 0.6) is 5.75 Å². The summed E-state index contributed by atoms with van der Waals surface area (Å²) >= 11 is 9.58. The third-order valence-electron chi connectivity index (χ3n) is 2.70. The SMILES string of the molecule is COc1ccc(C(Cl)c2cc(F)ccc2Br)cc1F. The van der Waals surface area contributed by atoms with Gasteiger partial charge in [-0.05, 0) is 41.5 Å². The van der Waals surface area contributed by atoms with Gasteiger partial charge >= 0.3 is 0 Å². The fourth-order valence-electron chi connectivity index (χ4n) is 1.73. The van der Waals surface area contributed by atoms with E-state index >= 15 is 0 Å². The number of methoxy groups -OCH3 is 1. The van der Waals surface area contributed by atoms with Crippen LogP contribution in [-0.4, -0.2) is 7.11 Å². The van der Waals surface area contributed by atoms with Crippen molar-refractivity contribution in [1.82, 2.24) is 0 Å². The summed E-state index contributed by atoms with van der Waals surface area (Å²) in [5.41, 5.74) is 1.08. The van der Waals surface area contributed by atoms with Crippen molar-refractivity contribution in [2.24, 2.45) is 0 Å². The van der Waals surface area contributed by atoms with Gasteiger partial charge in [0, 0.05) is 4.47 Å². The first-order chi connectivity index (χ1) is 9.02. The molecule has 0 aliphatic carbocycles. The van der Waals surface area contributed by atoms with Crippen molar-refractivity contribution in [2.75, 3.05) is 7.11 Å². The maximum Gasteiger partial charge on any atom is 0.165 e. The van der Waals surface area contributed by atoms with Gasteiger partial charge in [-0.3, -0.25) is 0 Å². The molecule has 0 N–H and O–H groups in total. The fourth-order valence-corrected chi connectivity index (χ4v) is 2.65. The van der Waals surface area contributed by atoms with E-state index in [1.165, 1.54) is 31.4 Å². The second kappa shape index (κ2) is 5.88. The van der Waals surface area contributed by atoms with Gasteiger partial charge in [0.25, 0.3) is 0 Å². The smallest absolute Gasteiger partial charge is 0.165 e. The number of benzene rings is 2. The molecule has 2 aromatic rings. The number of alkyl halides is 1. The van der Waals surface area contributed by atoms with E-state index in [1.807, 2.05) is 0 Å². The zero-order valence-corrected chi connectivity index (χ0v) is 12.3. The predicted molar refractivity (Wildman–Crippen MR) is 74.7 cm³/mol. The lowest BCUT2D eigenvalue weighted by Crippen LogP contribution is -1.97. The Balaban J connectivity index is 2.41. The quantitative estimate of drug-likeness (QED) is 0.705. The predicted octanol–water partition coefficient (Wildman–Crippen LogP) is 5.06. The first-order valence-electron chi connectivity index (χ1n) is 5.45. The molecule has 0 aromatic heterocycles. The minimum atomic E-state index is -0.648. The molecule has 0 radical (unpaired) electrons. The van der Waals surface area contributed by atoms with Crippen molar-refractivity contribution in [1.29, 1.82) is 0 Å². The Bertz CT molecular complexity index is 604. The summed E-state index contributed by atoms with van der Waals surface area (Å²) in [5.74, 6) is -0.748. The highest BCUT2D eigenvalue weighted by molar-refractivity contribution is 9.10. The highest BCUT2D eigenvalue weighted by atomic mass is 79.9. The first kappa shape index (κ1) is 14.3. The number of hydrogen-bond acceptors (Lipinski definition) is 1. The van der Waals surface area contributed by atoms with Crippen LogP contribution >= 0.6 is 27.5 Å². The topological polar surface area (TPSA) is 9.23 Å². The molecule has 1 atom stereocenters. The van der Waals surface area contributed by atoms with Crippen molar-refractivity contribution in [2.45, 2.75) is 5.38 Å². The van der Waals surface area contributed by atoms with Crippen LogP contribution in [-0.2, 0) is 0 Å². The van der Waals surface area contributed by atoms with E-state index in [0.29, 0.717) is 15.6 Å². The summed E-state index contributed by atoms with van der Waals surface area (Å²) in [5, 5.41) is -0.648. The van der Waals surface area contributed by atoms with Crippen LogP contribution in [0, 0.1) is 11.6 Å². The molecule has 1 unspecified atom stereocenters. The molecule has 0 amide bonds. The van der Waals surface area contributed by atoms with Crippen LogP contribution in [0.2, 0.25) is 0 Å². The van der Waals surface area contributed by atoms with Crippen LogP contribution in [0.25, 0.3) is 0 Å². The number of halogens is 4. The molecular weight excluding hydrogens is 338 g/mol. The van der Waals surface area contributed by atoms with E-state index in [-0.39, 0.29) is 5.75 Å². The van der Waals surface area contributed by atoms with Crippen molar-refractivity contribution in [3.8, 4) is 5.75 Å². The number of hydrogen-bond donors (Lipinski definition) is 0. The van der Waals surface area contributed by atoms with Crippen molar-refractivity contribution in [3.63, 3.8) is 0 Å². The maximum absolute atomic E-state index is 13.6. The summed E-state index contributed by atoms with van der Waals surface area (Å²) in [6, 6.07) is 8.65. The normalized spacial score (nSPS) is 12.3. The first-order valence-corrected chi connectivity index (χ1v) is 6.68. The van der Waals surface area contributed by atoms with E-state index in [0.717, 1.165) is 0 Å². The van der Waals surface area contributed by atoms with Gasteiger partial charge in [0.05, 0.1) is 12.5 Å². The van der Waals surface area contributed by atoms with Gasteiger partial charge in [-0.15, -0.1) is 11.6 Å². The third kappa shape index (κ3) is 3.07. The van der Waals surface area contributed by atoms with E-state index < -0.39 is 17.0 Å². The highest BCUT2D eigenvalue weighted by Gasteiger charge is 2.16. The van der Waals surface area contributed by atoms with Crippen LogP contribution in [0.4, 0.5) is 8.78 Å². The molecule has 100 valence electrons. The molecular formula is C14H10BrClF2O. The second-order valence-electron chi connectivity index (χ2n) is 3.92. The highest BCUT2D eigenvalue weighted by Crippen LogP contribution is 2.35. The lowest BCUT2D eigenvalue weighted by atomic mass is 10.0. The molecule has 2 aromatic carbocycles. The molecule has 5 heteroatoms. The summed E-state index contributed by atoms with van der Waals surface area (Å²) in [7, 11) is 1.39. The lowest BCUT2D eigenvalue weighted by molar-refractivity contribution is 0.386. The Morgan fingerprint density at radius 1 is 1.16 bits per heavy atom. The molecule has 2 rings (SSSR count). The minimum Gasteiger partial charge on any atom is -0.494 e. The zero-order chi connectivity index (χ0) is 14.0. The molecule has 1 nitrogen and oxygen atoms in total. The van der Waals surface area contributed by atoms with Crippen molar-refractivity contribution < 1.29 is 13.5 Å². The van der Waals surface area contributed by atoms with Crippen molar-refractivity contribution >= 4 is 27.5 Å². The summed E-state index contributed by atoms with van der Waals surface area (Å²) < 4.78 is 32.4. The molecule has 0 heterocycles. The molecule has 0 saturated carbocycles. The van der Waals surface area contributed by atoms with E-state index in [9.17, 15) is 8.78 Å². The fraction of sp³-hybridized carbons (Fsp3) is 0.143. The van der Waals surface area contributed by atoms with Gasteiger partial charge in [-0.1, -0.05) is 22.0 Å². The molecule has 0 fully saturated rings. The minimum absolute atomic E-state index is 0.144. The molecule has 0 spiro atoms. The molecule has 19 heavy (non-hydrogen) atoms. The standard InChI is InChI=1S/C14H10BrClF2O/c1-19-13-5-2-8(6-12(13)18)14(16)10-7-9(17)3-4-11(10)15/h2-7,14H,1H3. The van der Waals surface area contributed by atoms with Gasteiger partial charge in [0.2, 0.25) is 0 Å². The lowest BCUT2D eigenvalue weighted by Gasteiger charge is -2.13. The molecule has 0 aliphatic heterocycles.